The van der Waals surface area contributed by atoms with Gasteiger partial charge in [0.25, 0.3) is 5.91 Å². The summed E-state index contributed by atoms with van der Waals surface area (Å²) >= 11 is 6.05. The maximum atomic E-state index is 12.3. The molecule has 0 bridgehead atoms. The number of aromatic nitrogens is 2. The minimum Gasteiger partial charge on any atom is -0.348 e. The van der Waals surface area contributed by atoms with Gasteiger partial charge in [0.15, 0.2) is 0 Å². The highest BCUT2D eigenvalue weighted by molar-refractivity contribution is 6.33. The number of amides is 1. The molecule has 4 nitrogen and oxygen atoms in total. The molecule has 0 saturated heterocycles. The number of nitrogens with zero attached hydrogens (tertiary/aromatic N) is 2. The Balaban J connectivity index is 2.11. The third-order valence-corrected chi connectivity index (χ3v) is 4.07. The van der Waals surface area contributed by atoms with Crippen molar-refractivity contribution in [3.8, 4) is 0 Å². The zero-order valence-electron chi connectivity index (χ0n) is 12.5. The third-order valence-electron chi connectivity index (χ3n) is 3.80. The fourth-order valence-electron chi connectivity index (χ4n) is 2.63. The molecule has 20 heavy (non-hydrogen) atoms. The van der Waals surface area contributed by atoms with Crippen LogP contribution in [-0.4, -0.2) is 21.9 Å². The molecule has 1 aromatic rings. The van der Waals surface area contributed by atoms with Crippen molar-refractivity contribution < 1.29 is 4.79 Å². The first kappa shape index (κ1) is 15.2. The fourth-order valence-corrected chi connectivity index (χ4v) is 2.81. The van der Waals surface area contributed by atoms with Crippen LogP contribution in [0.3, 0.4) is 0 Å². The van der Waals surface area contributed by atoms with E-state index in [1.165, 1.54) is 6.20 Å². The molecule has 1 aromatic heterocycles. The Labute approximate surface area is 125 Å². The molecule has 1 unspecified atom stereocenters. The van der Waals surface area contributed by atoms with Crippen LogP contribution in [0, 0.1) is 5.41 Å². The summed E-state index contributed by atoms with van der Waals surface area (Å²) < 4.78 is 0. The minimum atomic E-state index is -0.193. The lowest BCUT2D eigenvalue weighted by Crippen LogP contribution is -2.34. The molecule has 1 amide bonds. The van der Waals surface area contributed by atoms with Crippen molar-refractivity contribution in [2.24, 2.45) is 5.41 Å². The highest BCUT2D eigenvalue weighted by Gasteiger charge is 2.32. The van der Waals surface area contributed by atoms with E-state index in [1.807, 2.05) is 13.8 Å². The van der Waals surface area contributed by atoms with Gasteiger partial charge in [-0.25, -0.2) is 9.97 Å². The van der Waals surface area contributed by atoms with E-state index < -0.39 is 0 Å². The van der Waals surface area contributed by atoms with Gasteiger partial charge < -0.3 is 5.32 Å². The Morgan fingerprint density at radius 2 is 2.20 bits per heavy atom. The molecule has 1 N–H and O–H groups in total. The van der Waals surface area contributed by atoms with Crippen LogP contribution in [0.4, 0.5) is 0 Å². The molecular formula is C15H22ClN3O. The van der Waals surface area contributed by atoms with Crippen LogP contribution < -0.4 is 5.32 Å². The Hall–Kier alpha value is -1.16. The summed E-state index contributed by atoms with van der Waals surface area (Å²) in [7, 11) is 0. The molecule has 110 valence electrons. The van der Waals surface area contributed by atoms with E-state index in [0.717, 1.165) is 19.3 Å². The van der Waals surface area contributed by atoms with E-state index in [-0.39, 0.29) is 23.6 Å². The van der Waals surface area contributed by atoms with E-state index in [4.69, 9.17) is 11.6 Å². The maximum Gasteiger partial charge on any atom is 0.271 e. The highest BCUT2D eigenvalue weighted by Crippen LogP contribution is 2.37. The molecule has 0 spiro atoms. The van der Waals surface area contributed by atoms with E-state index >= 15 is 0 Å². The largest absolute Gasteiger partial charge is 0.348 e. The normalized spacial score (nSPS) is 21.2. The number of carbonyl (C=O) groups is 1. The average Bonchev–Trinajstić information content (AvgIpc) is 2.68. The van der Waals surface area contributed by atoms with Crippen molar-refractivity contribution in [3.05, 3.63) is 22.7 Å². The van der Waals surface area contributed by atoms with Gasteiger partial charge in [0, 0.05) is 12.0 Å². The number of halogens is 1. The summed E-state index contributed by atoms with van der Waals surface area (Å²) in [5.41, 5.74) is 0.589. The lowest BCUT2D eigenvalue weighted by molar-refractivity contribution is 0.0930. The van der Waals surface area contributed by atoms with Gasteiger partial charge in [-0.15, -0.1) is 0 Å². The first-order valence-corrected chi connectivity index (χ1v) is 7.49. The highest BCUT2D eigenvalue weighted by atomic mass is 35.5. The van der Waals surface area contributed by atoms with E-state index in [0.29, 0.717) is 16.3 Å². The van der Waals surface area contributed by atoms with Crippen molar-refractivity contribution in [3.63, 3.8) is 0 Å². The van der Waals surface area contributed by atoms with Gasteiger partial charge in [-0.3, -0.25) is 4.79 Å². The second-order valence-electron chi connectivity index (χ2n) is 6.66. The van der Waals surface area contributed by atoms with E-state index in [1.54, 1.807) is 0 Å². The summed E-state index contributed by atoms with van der Waals surface area (Å²) in [6, 6.07) is 0.214. The standard InChI is InChI=1S/C15H22ClN3O/c1-9(2)13-17-8-11(16)12(19-13)14(20)18-10-5-6-15(3,4)7-10/h8-10H,5-7H2,1-4H3,(H,18,20). The number of carbonyl (C=O) groups excluding carboxylic acids is 1. The molecular weight excluding hydrogens is 274 g/mol. The molecule has 1 saturated carbocycles. The molecule has 1 atom stereocenters. The van der Waals surface area contributed by atoms with Gasteiger partial charge in [-0.1, -0.05) is 39.3 Å². The maximum absolute atomic E-state index is 12.3. The van der Waals surface area contributed by atoms with Crippen LogP contribution in [0.2, 0.25) is 5.02 Å². The lowest BCUT2D eigenvalue weighted by atomic mass is 9.92. The molecule has 1 aliphatic rings. The molecule has 1 aliphatic carbocycles. The summed E-state index contributed by atoms with van der Waals surface area (Å²) in [6.45, 7) is 8.44. The zero-order valence-corrected chi connectivity index (χ0v) is 13.3. The van der Waals surface area contributed by atoms with E-state index in [9.17, 15) is 4.79 Å². The van der Waals surface area contributed by atoms with Gasteiger partial charge in [-0.05, 0) is 24.7 Å². The molecule has 0 aromatic carbocycles. The Kier molecular flexibility index (Phi) is 4.33. The Morgan fingerprint density at radius 1 is 1.50 bits per heavy atom. The number of hydrogen-bond acceptors (Lipinski definition) is 3. The lowest BCUT2D eigenvalue weighted by Gasteiger charge is -2.18. The van der Waals surface area contributed by atoms with Crippen molar-refractivity contribution in [2.45, 2.75) is 58.9 Å². The number of hydrogen-bond donors (Lipinski definition) is 1. The first-order valence-electron chi connectivity index (χ1n) is 7.12. The molecule has 1 heterocycles. The van der Waals surface area contributed by atoms with Crippen LogP contribution >= 0.6 is 11.6 Å². The smallest absolute Gasteiger partial charge is 0.271 e. The summed E-state index contributed by atoms with van der Waals surface area (Å²) in [4.78, 5) is 20.8. The first-order chi connectivity index (χ1) is 9.28. The predicted octanol–water partition coefficient (Wildman–Crippen LogP) is 3.56. The fraction of sp³-hybridized carbons (Fsp3) is 0.667. The SMILES string of the molecule is CC(C)c1ncc(Cl)c(C(=O)NC2CCC(C)(C)C2)n1. The number of nitrogens with one attached hydrogen (secondary N) is 1. The molecule has 0 aliphatic heterocycles. The Bertz CT molecular complexity index is 514. The molecule has 5 heteroatoms. The van der Waals surface area contributed by atoms with Gasteiger partial charge in [0.2, 0.25) is 0 Å². The molecule has 1 fully saturated rings. The minimum absolute atomic E-state index is 0.171. The Morgan fingerprint density at radius 3 is 2.75 bits per heavy atom. The van der Waals surface area contributed by atoms with Crippen molar-refractivity contribution >= 4 is 17.5 Å². The van der Waals surface area contributed by atoms with Crippen molar-refractivity contribution in [1.29, 1.82) is 0 Å². The summed E-state index contributed by atoms with van der Waals surface area (Å²) in [5, 5.41) is 3.35. The molecule has 0 radical (unpaired) electrons. The molecule has 2 rings (SSSR count). The van der Waals surface area contributed by atoms with Crippen LogP contribution in [0.5, 0.6) is 0 Å². The predicted molar refractivity (Wildman–Crippen MR) is 80.0 cm³/mol. The second kappa shape index (κ2) is 5.68. The van der Waals surface area contributed by atoms with Gasteiger partial charge in [0.05, 0.1) is 11.2 Å². The van der Waals surface area contributed by atoms with Gasteiger partial charge in [0.1, 0.15) is 11.5 Å². The van der Waals surface area contributed by atoms with Crippen LogP contribution in [-0.2, 0) is 0 Å². The monoisotopic (exact) mass is 295 g/mol. The average molecular weight is 296 g/mol. The van der Waals surface area contributed by atoms with Crippen LogP contribution in [0.15, 0.2) is 6.20 Å². The van der Waals surface area contributed by atoms with Crippen LogP contribution in [0.25, 0.3) is 0 Å². The second-order valence-corrected chi connectivity index (χ2v) is 7.06. The number of rotatable bonds is 3. The third kappa shape index (κ3) is 3.48. The van der Waals surface area contributed by atoms with Crippen molar-refractivity contribution in [2.75, 3.05) is 0 Å². The summed E-state index contributed by atoms with van der Waals surface area (Å²) in [6.07, 6.45) is 4.65. The van der Waals surface area contributed by atoms with Gasteiger partial charge >= 0.3 is 0 Å². The quantitative estimate of drug-likeness (QED) is 0.927. The van der Waals surface area contributed by atoms with Gasteiger partial charge in [-0.2, -0.15) is 0 Å². The zero-order chi connectivity index (χ0) is 14.9. The summed E-state index contributed by atoms with van der Waals surface area (Å²) in [5.74, 6) is 0.623. The van der Waals surface area contributed by atoms with E-state index in [2.05, 4.69) is 29.1 Å². The van der Waals surface area contributed by atoms with Crippen molar-refractivity contribution in [1.82, 2.24) is 15.3 Å². The van der Waals surface area contributed by atoms with Crippen LogP contribution in [0.1, 0.15) is 69.2 Å². The topological polar surface area (TPSA) is 54.9 Å².